The molecule has 1 aliphatic heterocycles. The Hall–Kier alpha value is -2.10. The SMILES string of the molecule is O=C1OCCN1c1ccnc2ccccc12. The Balaban J connectivity index is 2.19. The smallest absolute Gasteiger partial charge is 0.414 e. The van der Waals surface area contributed by atoms with Crippen LogP contribution < -0.4 is 4.90 Å². The van der Waals surface area contributed by atoms with Gasteiger partial charge in [-0.25, -0.2) is 4.79 Å². The zero-order valence-corrected chi connectivity index (χ0v) is 8.59. The number of rotatable bonds is 1. The number of fused-ring (bicyclic) bond motifs is 1. The Kier molecular flexibility index (Phi) is 1.99. The first-order chi connectivity index (χ1) is 7.86. The number of carbonyl (C=O) groups excluding carboxylic acids is 1. The lowest BCUT2D eigenvalue weighted by molar-refractivity contribution is 0.181. The summed E-state index contributed by atoms with van der Waals surface area (Å²) in [6.07, 6.45) is 1.43. The van der Waals surface area contributed by atoms with Crippen molar-refractivity contribution in [3.63, 3.8) is 0 Å². The van der Waals surface area contributed by atoms with Crippen LogP contribution in [0.25, 0.3) is 10.9 Å². The molecule has 0 spiro atoms. The molecule has 1 saturated heterocycles. The molecule has 0 bridgehead atoms. The molecule has 1 amide bonds. The van der Waals surface area contributed by atoms with Gasteiger partial charge in [0.2, 0.25) is 0 Å². The second-order valence-corrected chi connectivity index (χ2v) is 3.61. The van der Waals surface area contributed by atoms with Gasteiger partial charge in [0.25, 0.3) is 0 Å². The molecule has 16 heavy (non-hydrogen) atoms. The van der Waals surface area contributed by atoms with E-state index in [1.807, 2.05) is 30.3 Å². The van der Waals surface area contributed by atoms with Gasteiger partial charge in [0.1, 0.15) is 6.61 Å². The number of benzene rings is 1. The van der Waals surface area contributed by atoms with Gasteiger partial charge in [0, 0.05) is 11.6 Å². The number of cyclic esters (lactones) is 1. The molecular weight excluding hydrogens is 204 g/mol. The minimum absolute atomic E-state index is 0.281. The van der Waals surface area contributed by atoms with E-state index in [2.05, 4.69) is 4.98 Å². The lowest BCUT2D eigenvalue weighted by atomic mass is 10.2. The van der Waals surface area contributed by atoms with Crippen LogP contribution in [0.4, 0.5) is 10.5 Å². The average molecular weight is 214 g/mol. The number of pyridine rings is 1. The maximum absolute atomic E-state index is 11.5. The van der Waals surface area contributed by atoms with Gasteiger partial charge in [-0.2, -0.15) is 0 Å². The van der Waals surface area contributed by atoms with Crippen LogP contribution in [0.1, 0.15) is 0 Å². The van der Waals surface area contributed by atoms with Gasteiger partial charge in [-0.3, -0.25) is 9.88 Å². The first-order valence-electron chi connectivity index (χ1n) is 5.14. The normalized spacial score (nSPS) is 15.5. The largest absolute Gasteiger partial charge is 0.447 e. The molecule has 1 aromatic carbocycles. The summed E-state index contributed by atoms with van der Waals surface area (Å²) >= 11 is 0. The molecule has 0 radical (unpaired) electrons. The Morgan fingerprint density at radius 2 is 2.12 bits per heavy atom. The number of hydrogen-bond donors (Lipinski definition) is 0. The summed E-state index contributed by atoms with van der Waals surface area (Å²) in [5, 5.41) is 0.976. The summed E-state index contributed by atoms with van der Waals surface area (Å²) < 4.78 is 4.94. The summed E-state index contributed by atoms with van der Waals surface area (Å²) in [5.41, 5.74) is 1.76. The molecule has 1 aromatic heterocycles. The molecule has 80 valence electrons. The third-order valence-electron chi connectivity index (χ3n) is 2.68. The zero-order chi connectivity index (χ0) is 11.0. The first-order valence-corrected chi connectivity index (χ1v) is 5.14. The van der Waals surface area contributed by atoms with Gasteiger partial charge < -0.3 is 4.74 Å². The monoisotopic (exact) mass is 214 g/mol. The van der Waals surface area contributed by atoms with Crippen molar-refractivity contribution in [3.05, 3.63) is 36.5 Å². The molecule has 2 aromatic rings. The van der Waals surface area contributed by atoms with Crippen LogP contribution in [0.5, 0.6) is 0 Å². The van der Waals surface area contributed by atoms with Gasteiger partial charge in [0.15, 0.2) is 0 Å². The van der Waals surface area contributed by atoms with Crippen LogP contribution in [0, 0.1) is 0 Å². The molecule has 2 heterocycles. The Morgan fingerprint density at radius 1 is 1.25 bits per heavy atom. The maximum atomic E-state index is 11.5. The minimum atomic E-state index is -0.281. The van der Waals surface area contributed by atoms with Gasteiger partial charge in [-0.1, -0.05) is 18.2 Å². The number of carbonyl (C=O) groups is 1. The average Bonchev–Trinajstić information content (AvgIpc) is 2.75. The van der Waals surface area contributed by atoms with Gasteiger partial charge in [-0.15, -0.1) is 0 Å². The van der Waals surface area contributed by atoms with Crippen molar-refractivity contribution in [2.45, 2.75) is 0 Å². The Morgan fingerprint density at radius 3 is 2.94 bits per heavy atom. The highest BCUT2D eigenvalue weighted by atomic mass is 16.6. The van der Waals surface area contributed by atoms with Crippen LogP contribution in [0.2, 0.25) is 0 Å². The van der Waals surface area contributed by atoms with Crippen molar-refractivity contribution in [1.29, 1.82) is 0 Å². The molecular formula is C12H10N2O2. The maximum Gasteiger partial charge on any atom is 0.414 e. The minimum Gasteiger partial charge on any atom is -0.447 e. The fraction of sp³-hybridized carbons (Fsp3) is 0.167. The van der Waals surface area contributed by atoms with Crippen molar-refractivity contribution in [1.82, 2.24) is 4.98 Å². The number of hydrogen-bond acceptors (Lipinski definition) is 3. The van der Waals surface area contributed by atoms with E-state index in [0.29, 0.717) is 13.2 Å². The number of nitrogens with zero attached hydrogens (tertiary/aromatic N) is 2. The summed E-state index contributed by atoms with van der Waals surface area (Å²) in [5.74, 6) is 0. The predicted molar refractivity (Wildman–Crippen MR) is 60.4 cm³/mol. The molecule has 0 unspecified atom stereocenters. The van der Waals surface area contributed by atoms with Gasteiger partial charge >= 0.3 is 6.09 Å². The number of anilines is 1. The molecule has 3 rings (SSSR count). The van der Waals surface area contributed by atoms with Gasteiger partial charge in [0.05, 0.1) is 17.7 Å². The molecule has 0 atom stereocenters. The van der Waals surface area contributed by atoms with Crippen molar-refractivity contribution >= 4 is 22.7 Å². The van der Waals surface area contributed by atoms with E-state index in [4.69, 9.17) is 4.74 Å². The van der Waals surface area contributed by atoms with Crippen molar-refractivity contribution < 1.29 is 9.53 Å². The molecule has 4 heteroatoms. The summed E-state index contributed by atoms with van der Waals surface area (Å²) in [7, 11) is 0. The lowest BCUT2D eigenvalue weighted by Gasteiger charge is -2.14. The number of aromatic nitrogens is 1. The fourth-order valence-electron chi connectivity index (χ4n) is 1.93. The fourth-order valence-corrected chi connectivity index (χ4v) is 1.93. The Bertz CT molecular complexity index is 548. The predicted octanol–water partition coefficient (Wildman–Crippen LogP) is 2.19. The van der Waals surface area contributed by atoms with Crippen LogP contribution in [0.3, 0.4) is 0 Å². The number of amides is 1. The third kappa shape index (κ3) is 1.31. The highest BCUT2D eigenvalue weighted by Gasteiger charge is 2.24. The zero-order valence-electron chi connectivity index (χ0n) is 8.59. The van der Waals surface area contributed by atoms with E-state index in [1.165, 1.54) is 0 Å². The highest BCUT2D eigenvalue weighted by Crippen LogP contribution is 2.26. The van der Waals surface area contributed by atoms with E-state index >= 15 is 0 Å². The summed E-state index contributed by atoms with van der Waals surface area (Å²) in [6, 6.07) is 9.61. The van der Waals surface area contributed by atoms with E-state index in [9.17, 15) is 4.79 Å². The third-order valence-corrected chi connectivity index (χ3v) is 2.68. The molecule has 1 aliphatic rings. The molecule has 0 N–H and O–H groups in total. The number of ether oxygens (including phenoxy) is 1. The molecule has 4 nitrogen and oxygen atoms in total. The van der Waals surface area contributed by atoms with Crippen molar-refractivity contribution in [3.8, 4) is 0 Å². The van der Waals surface area contributed by atoms with Crippen molar-refractivity contribution in [2.75, 3.05) is 18.1 Å². The van der Waals surface area contributed by atoms with E-state index < -0.39 is 0 Å². The van der Waals surface area contributed by atoms with E-state index in [0.717, 1.165) is 16.6 Å². The standard InChI is InChI=1S/C12H10N2O2/c15-12-14(7-8-16-12)11-5-6-13-10-4-2-1-3-9(10)11/h1-6H,7-8H2. The highest BCUT2D eigenvalue weighted by molar-refractivity contribution is 6.00. The second-order valence-electron chi connectivity index (χ2n) is 3.61. The number of para-hydroxylation sites is 1. The van der Waals surface area contributed by atoms with Crippen LogP contribution in [-0.2, 0) is 4.74 Å². The van der Waals surface area contributed by atoms with E-state index in [1.54, 1.807) is 11.1 Å². The topological polar surface area (TPSA) is 42.4 Å². The molecule has 0 saturated carbocycles. The van der Waals surface area contributed by atoms with E-state index in [-0.39, 0.29) is 6.09 Å². The Labute approximate surface area is 92.5 Å². The lowest BCUT2D eigenvalue weighted by Crippen LogP contribution is -2.23. The quantitative estimate of drug-likeness (QED) is 0.730. The van der Waals surface area contributed by atoms with Crippen LogP contribution in [-0.4, -0.2) is 24.2 Å². The summed E-state index contributed by atoms with van der Waals surface area (Å²) in [6.45, 7) is 1.06. The van der Waals surface area contributed by atoms with Crippen LogP contribution in [0.15, 0.2) is 36.5 Å². The van der Waals surface area contributed by atoms with Crippen molar-refractivity contribution in [2.24, 2.45) is 0 Å². The van der Waals surface area contributed by atoms with Crippen LogP contribution >= 0.6 is 0 Å². The van der Waals surface area contributed by atoms with Gasteiger partial charge in [-0.05, 0) is 12.1 Å². The first kappa shape index (κ1) is 9.15. The molecule has 0 aliphatic carbocycles. The summed E-state index contributed by atoms with van der Waals surface area (Å²) in [4.78, 5) is 17.4. The second kappa shape index (κ2) is 3.48. The molecule has 1 fully saturated rings.